The molecule has 0 saturated heterocycles. The van der Waals surface area contributed by atoms with Gasteiger partial charge >= 0.3 is 0 Å². The van der Waals surface area contributed by atoms with E-state index in [0.29, 0.717) is 0 Å². The van der Waals surface area contributed by atoms with Gasteiger partial charge in [-0.15, -0.1) is 0 Å². The lowest BCUT2D eigenvalue weighted by Crippen LogP contribution is -2.24. The monoisotopic (exact) mass is 166 g/mol. The van der Waals surface area contributed by atoms with E-state index in [-0.39, 0.29) is 0 Å². The van der Waals surface area contributed by atoms with Crippen LogP contribution in [0.25, 0.3) is 0 Å². The topological polar surface area (TPSA) is 49.8 Å². The zero-order valence-corrected chi connectivity index (χ0v) is 7.25. The van der Waals surface area contributed by atoms with Crippen molar-refractivity contribution in [3.8, 4) is 0 Å². The molecule has 0 aliphatic rings. The van der Waals surface area contributed by atoms with Crippen molar-refractivity contribution in [2.45, 2.75) is 6.54 Å². The molecule has 12 heavy (non-hydrogen) atoms. The van der Waals surface area contributed by atoms with Gasteiger partial charge in [0, 0.05) is 38.2 Å². The molecular weight excluding hydrogens is 152 g/mol. The Kier molecular flexibility index (Phi) is 4.26. The molecule has 1 rings (SSSR count). The number of nitrogens with one attached hydrogen (secondary N) is 2. The van der Waals surface area contributed by atoms with E-state index in [1.54, 1.807) is 18.6 Å². The van der Waals surface area contributed by atoms with E-state index >= 15 is 0 Å². The number of aromatic nitrogens is 2. The predicted octanol–water partition coefficient (Wildman–Crippen LogP) is -0.214. The summed E-state index contributed by atoms with van der Waals surface area (Å²) in [6.45, 7) is 2.71. The van der Waals surface area contributed by atoms with E-state index in [1.807, 2.05) is 7.05 Å². The minimum absolute atomic E-state index is 0.787. The highest BCUT2D eigenvalue weighted by atomic mass is 14.9. The standard InChI is InChI=1S/C8H14N4/c1-9-2-3-10-6-8-7-11-4-5-12-8/h4-5,7,9-10H,2-3,6H2,1H3. The van der Waals surface area contributed by atoms with E-state index in [2.05, 4.69) is 20.6 Å². The van der Waals surface area contributed by atoms with Gasteiger partial charge in [-0.2, -0.15) is 0 Å². The van der Waals surface area contributed by atoms with Gasteiger partial charge in [-0.3, -0.25) is 9.97 Å². The fourth-order valence-corrected chi connectivity index (χ4v) is 0.851. The summed E-state index contributed by atoms with van der Waals surface area (Å²) in [4.78, 5) is 8.10. The molecule has 4 heteroatoms. The first-order valence-electron chi connectivity index (χ1n) is 4.03. The summed E-state index contributed by atoms with van der Waals surface area (Å²) in [5.41, 5.74) is 0.980. The third kappa shape index (κ3) is 3.41. The molecule has 66 valence electrons. The van der Waals surface area contributed by atoms with Crippen molar-refractivity contribution >= 4 is 0 Å². The molecule has 0 radical (unpaired) electrons. The number of hydrogen-bond donors (Lipinski definition) is 2. The summed E-state index contributed by atoms with van der Waals surface area (Å²) in [6.07, 6.45) is 5.15. The Hall–Kier alpha value is -1.00. The minimum Gasteiger partial charge on any atom is -0.318 e. The molecule has 0 fully saturated rings. The Labute approximate surface area is 72.4 Å². The van der Waals surface area contributed by atoms with Crippen molar-refractivity contribution in [1.29, 1.82) is 0 Å². The Morgan fingerprint density at radius 1 is 1.33 bits per heavy atom. The van der Waals surface area contributed by atoms with Crippen LogP contribution in [-0.2, 0) is 6.54 Å². The second-order valence-corrected chi connectivity index (χ2v) is 2.48. The van der Waals surface area contributed by atoms with Crippen LogP contribution < -0.4 is 10.6 Å². The molecule has 4 nitrogen and oxygen atoms in total. The van der Waals surface area contributed by atoms with E-state index in [4.69, 9.17) is 0 Å². The summed E-state index contributed by atoms with van der Waals surface area (Å²) in [7, 11) is 1.93. The number of hydrogen-bond acceptors (Lipinski definition) is 4. The summed E-state index contributed by atoms with van der Waals surface area (Å²) < 4.78 is 0. The van der Waals surface area contributed by atoms with Gasteiger partial charge in [0.15, 0.2) is 0 Å². The van der Waals surface area contributed by atoms with Crippen LogP contribution in [0.2, 0.25) is 0 Å². The van der Waals surface area contributed by atoms with E-state index < -0.39 is 0 Å². The Morgan fingerprint density at radius 3 is 2.92 bits per heavy atom. The van der Waals surface area contributed by atoms with Crippen molar-refractivity contribution in [1.82, 2.24) is 20.6 Å². The molecule has 0 aliphatic carbocycles. The zero-order valence-electron chi connectivity index (χ0n) is 7.25. The van der Waals surface area contributed by atoms with Crippen LogP contribution in [0.15, 0.2) is 18.6 Å². The van der Waals surface area contributed by atoms with Gasteiger partial charge in [0.1, 0.15) is 0 Å². The predicted molar refractivity (Wildman–Crippen MR) is 47.7 cm³/mol. The Bertz CT molecular complexity index is 199. The molecule has 0 aliphatic heterocycles. The van der Waals surface area contributed by atoms with Crippen molar-refractivity contribution in [3.05, 3.63) is 24.3 Å². The Morgan fingerprint density at radius 2 is 2.25 bits per heavy atom. The third-order valence-electron chi connectivity index (χ3n) is 1.47. The zero-order chi connectivity index (χ0) is 8.65. The van der Waals surface area contributed by atoms with Gasteiger partial charge in [-0.1, -0.05) is 0 Å². The van der Waals surface area contributed by atoms with Crippen LogP contribution in [0, 0.1) is 0 Å². The first-order valence-corrected chi connectivity index (χ1v) is 4.03. The van der Waals surface area contributed by atoms with Crippen molar-refractivity contribution in [3.63, 3.8) is 0 Å². The largest absolute Gasteiger partial charge is 0.318 e. The molecule has 0 atom stereocenters. The number of rotatable bonds is 5. The fraction of sp³-hybridized carbons (Fsp3) is 0.500. The van der Waals surface area contributed by atoms with Gasteiger partial charge in [-0.05, 0) is 7.05 Å². The van der Waals surface area contributed by atoms with Crippen LogP contribution >= 0.6 is 0 Å². The lowest BCUT2D eigenvalue weighted by atomic mass is 10.4. The maximum Gasteiger partial charge on any atom is 0.0724 e. The quantitative estimate of drug-likeness (QED) is 0.594. The fourth-order valence-electron chi connectivity index (χ4n) is 0.851. The minimum atomic E-state index is 0.787. The highest BCUT2D eigenvalue weighted by Gasteiger charge is 1.90. The third-order valence-corrected chi connectivity index (χ3v) is 1.47. The molecular formula is C8H14N4. The van der Waals surface area contributed by atoms with Gasteiger partial charge in [0.05, 0.1) is 5.69 Å². The smallest absolute Gasteiger partial charge is 0.0724 e. The molecule has 0 unspecified atom stereocenters. The molecule has 1 aromatic rings. The lowest BCUT2D eigenvalue weighted by Gasteiger charge is -2.02. The van der Waals surface area contributed by atoms with Crippen molar-refractivity contribution in [2.75, 3.05) is 20.1 Å². The summed E-state index contributed by atoms with van der Waals surface area (Å²) >= 11 is 0. The molecule has 2 N–H and O–H groups in total. The highest BCUT2D eigenvalue weighted by Crippen LogP contribution is 1.87. The Balaban J connectivity index is 2.16. The normalized spacial score (nSPS) is 10.1. The highest BCUT2D eigenvalue weighted by molar-refractivity contribution is 4.93. The molecule has 1 heterocycles. The lowest BCUT2D eigenvalue weighted by molar-refractivity contribution is 0.641. The second kappa shape index (κ2) is 5.62. The van der Waals surface area contributed by atoms with Gasteiger partial charge in [0.25, 0.3) is 0 Å². The molecule has 0 amide bonds. The first-order chi connectivity index (χ1) is 5.93. The molecule has 0 bridgehead atoms. The molecule has 0 saturated carbocycles. The summed E-state index contributed by atoms with van der Waals surface area (Å²) in [5.74, 6) is 0. The van der Waals surface area contributed by atoms with E-state index in [9.17, 15) is 0 Å². The van der Waals surface area contributed by atoms with Gasteiger partial charge in [0.2, 0.25) is 0 Å². The van der Waals surface area contributed by atoms with Crippen LogP contribution in [-0.4, -0.2) is 30.1 Å². The average Bonchev–Trinajstić information content (AvgIpc) is 2.14. The van der Waals surface area contributed by atoms with Crippen LogP contribution in [0.1, 0.15) is 5.69 Å². The second-order valence-electron chi connectivity index (χ2n) is 2.48. The molecule has 1 aromatic heterocycles. The van der Waals surface area contributed by atoms with Crippen molar-refractivity contribution in [2.24, 2.45) is 0 Å². The van der Waals surface area contributed by atoms with Crippen LogP contribution in [0.4, 0.5) is 0 Å². The molecule has 0 spiro atoms. The van der Waals surface area contributed by atoms with Gasteiger partial charge < -0.3 is 10.6 Å². The van der Waals surface area contributed by atoms with Crippen LogP contribution in [0.5, 0.6) is 0 Å². The SMILES string of the molecule is CNCCNCc1cnccn1. The maximum absolute atomic E-state index is 4.13. The van der Waals surface area contributed by atoms with E-state index in [1.165, 1.54) is 0 Å². The number of likely N-dealkylation sites (N-methyl/N-ethyl adjacent to an activating group) is 1. The summed E-state index contributed by atoms with van der Waals surface area (Å²) in [6, 6.07) is 0. The van der Waals surface area contributed by atoms with Crippen molar-refractivity contribution < 1.29 is 0 Å². The van der Waals surface area contributed by atoms with E-state index in [0.717, 1.165) is 25.3 Å². The first kappa shape index (κ1) is 9.09. The molecule has 0 aromatic carbocycles. The summed E-state index contributed by atoms with van der Waals surface area (Å²) in [5, 5.41) is 6.29. The average molecular weight is 166 g/mol. The maximum atomic E-state index is 4.13. The van der Waals surface area contributed by atoms with Gasteiger partial charge in [-0.25, -0.2) is 0 Å². The number of nitrogens with zero attached hydrogens (tertiary/aromatic N) is 2. The van der Waals surface area contributed by atoms with Crippen LogP contribution in [0.3, 0.4) is 0 Å².